The number of benzene rings is 2. The van der Waals surface area contributed by atoms with Crippen LogP contribution in [0.5, 0.6) is 5.75 Å². The minimum Gasteiger partial charge on any atom is -0.497 e. The summed E-state index contributed by atoms with van der Waals surface area (Å²) >= 11 is 0. The van der Waals surface area contributed by atoms with Crippen LogP contribution in [0.25, 0.3) is 0 Å². The molecule has 0 saturated carbocycles. The number of methoxy groups -OCH3 is 1. The highest BCUT2D eigenvalue weighted by Crippen LogP contribution is 2.32. The molecule has 1 saturated heterocycles. The molecule has 28 heavy (non-hydrogen) atoms. The molecule has 1 amide bonds. The largest absolute Gasteiger partial charge is 0.497 e. The van der Waals surface area contributed by atoms with Crippen molar-refractivity contribution in [2.45, 2.75) is 24.2 Å². The van der Waals surface area contributed by atoms with Gasteiger partial charge in [0.25, 0.3) is 0 Å². The van der Waals surface area contributed by atoms with Gasteiger partial charge in [0.15, 0.2) is 0 Å². The second-order valence-electron chi connectivity index (χ2n) is 7.25. The van der Waals surface area contributed by atoms with Crippen LogP contribution in [0.4, 0.5) is 5.69 Å². The van der Waals surface area contributed by atoms with E-state index in [4.69, 9.17) is 4.74 Å². The Labute approximate surface area is 165 Å². The van der Waals surface area contributed by atoms with Crippen LogP contribution in [0.15, 0.2) is 53.4 Å². The smallest absolute Gasteiger partial charge is 0.243 e. The molecule has 0 aliphatic carbocycles. The molecular formula is C21H24N2O4S. The van der Waals surface area contributed by atoms with Gasteiger partial charge in [0.2, 0.25) is 15.9 Å². The number of carbonyl (C=O) groups is 1. The van der Waals surface area contributed by atoms with Gasteiger partial charge in [-0.25, -0.2) is 8.42 Å². The van der Waals surface area contributed by atoms with Gasteiger partial charge in [0.1, 0.15) is 5.75 Å². The zero-order chi connectivity index (χ0) is 19.7. The Hall–Kier alpha value is -2.38. The van der Waals surface area contributed by atoms with Crippen LogP contribution >= 0.6 is 0 Å². The monoisotopic (exact) mass is 400 g/mol. The van der Waals surface area contributed by atoms with Gasteiger partial charge in [-0.3, -0.25) is 4.79 Å². The highest BCUT2D eigenvalue weighted by atomic mass is 32.2. The Morgan fingerprint density at radius 3 is 2.57 bits per heavy atom. The molecule has 2 heterocycles. The van der Waals surface area contributed by atoms with Crippen molar-refractivity contribution in [1.82, 2.24) is 4.31 Å². The summed E-state index contributed by atoms with van der Waals surface area (Å²) in [6.07, 6.45) is 2.25. The molecule has 7 heteroatoms. The molecule has 0 spiro atoms. The van der Waals surface area contributed by atoms with E-state index in [9.17, 15) is 13.2 Å². The maximum absolute atomic E-state index is 13.1. The maximum atomic E-state index is 13.1. The molecule has 0 aromatic heterocycles. The Morgan fingerprint density at radius 1 is 1.07 bits per heavy atom. The number of para-hydroxylation sites is 1. The van der Waals surface area contributed by atoms with E-state index in [1.54, 1.807) is 31.4 Å². The maximum Gasteiger partial charge on any atom is 0.243 e. The van der Waals surface area contributed by atoms with Gasteiger partial charge in [-0.1, -0.05) is 18.2 Å². The fourth-order valence-electron chi connectivity index (χ4n) is 4.05. The zero-order valence-electron chi connectivity index (χ0n) is 15.9. The number of piperidine rings is 1. The summed E-state index contributed by atoms with van der Waals surface area (Å²) in [5.74, 6) is 0.325. The Kier molecular flexibility index (Phi) is 5.12. The van der Waals surface area contributed by atoms with Crippen LogP contribution in [0.2, 0.25) is 0 Å². The van der Waals surface area contributed by atoms with Crippen LogP contribution in [0.3, 0.4) is 0 Å². The molecule has 2 aliphatic rings. The van der Waals surface area contributed by atoms with E-state index in [2.05, 4.69) is 0 Å². The van der Waals surface area contributed by atoms with E-state index >= 15 is 0 Å². The topological polar surface area (TPSA) is 66.9 Å². The van der Waals surface area contributed by atoms with Crippen molar-refractivity contribution in [2.24, 2.45) is 5.92 Å². The van der Waals surface area contributed by atoms with Crippen molar-refractivity contribution >= 4 is 21.6 Å². The van der Waals surface area contributed by atoms with E-state index in [0.29, 0.717) is 31.7 Å². The average molecular weight is 401 g/mol. The number of ether oxygens (including phenoxy) is 1. The molecular weight excluding hydrogens is 376 g/mol. The molecule has 2 aromatic carbocycles. The number of anilines is 1. The molecule has 1 atom stereocenters. The Balaban J connectivity index is 1.52. The summed E-state index contributed by atoms with van der Waals surface area (Å²) in [7, 11) is -2.09. The lowest BCUT2D eigenvalue weighted by Gasteiger charge is -2.33. The van der Waals surface area contributed by atoms with Gasteiger partial charge in [-0.05, 0) is 55.2 Å². The van der Waals surface area contributed by atoms with Gasteiger partial charge < -0.3 is 9.64 Å². The van der Waals surface area contributed by atoms with Crippen molar-refractivity contribution in [3.63, 3.8) is 0 Å². The summed E-state index contributed by atoms with van der Waals surface area (Å²) in [6, 6.07) is 14.3. The fraction of sp³-hybridized carbons (Fsp3) is 0.381. The van der Waals surface area contributed by atoms with Gasteiger partial charge in [-0.15, -0.1) is 0 Å². The van der Waals surface area contributed by atoms with Crippen molar-refractivity contribution in [2.75, 3.05) is 31.6 Å². The molecule has 6 nitrogen and oxygen atoms in total. The van der Waals surface area contributed by atoms with Gasteiger partial charge in [0, 0.05) is 25.3 Å². The first-order valence-electron chi connectivity index (χ1n) is 9.54. The predicted octanol–water partition coefficient (Wildman–Crippen LogP) is 2.69. The lowest BCUT2D eigenvalue weighted by atomic mass is 9.98. The van der Waals surface area contributed by atoms with Crippen LogP contribution in [-0.2, 0) is 21.2 Å². The van der Waals surface area contributed by atoms with Crippen molar-refractivity contribution < 1.29 is 17.9 Å². The third-order valence-corrected chi connectivity index (χ3v) is 7.46. The van der Waals surface area contributed by atoms with Gasteiger partial charge in [-0.2, -0.15) is 4.31 Å². The Bertz CT molecular complexity index is 972. The first kappa shape index (κ1) is 19.0. The second-order valence-corrected chi connectivity index (χ2v) is 9.18. The van der Waals surface area contributed by atoms with Crippen LogP contribution in [-0.4, -0.2) is 45.4 Å². The standard InChI is InChI=1S/C21H24N2O4S/c1-27-18-8-10-19(11-9-18)28(25,26)22-13-4-6-17(15-22)21(24)23-14-12-16-5-2-3-7-20(16)23/h2-3,5,7-11,17H,4,6,12-15H2,1H3. The molecule has 148 valence electrons. The quantitative estimate of drug-likeness (QED) is 0.791. The van der Waals surface area contributed by atoms with Crippen molar-refractivity contribution in [3.8, 4) is 5.75 Å². The molecule has 2 aliphatic heterocycles. The van der Waals surface area contributed by atoms with Crippen molar-refractivity contribution in [1.29, 1.82) is 0 Å². The number of nitrogens with zero attached hydrogens (tertiary/aromatic N) is 2. The average Bonchev–Trinajstić information content (AvgIpc) is 3.17. The number of rotatable bonds is 4. The number of hydrogen-bond donors (Lipinski definition) is 0. The predicted molar refractivity (Wildman–Crippen MR) is 107 cm³/mol. The van der Waals surface area contributed by atoms with E-state index in [1.807, 2.05) is 29.2 Å². The second kappa shape index (κ2) is 7.56. The number of fused-ring (bicyclic) bond motifs is 1. The molecule has 0 bridgehead atoms. The minimum atomic E-state index is -3.63. The molecule has 1 unspecified atom stereocenters. The summed E-state index contributed by atoms with van der Waals surface area (Å²) in [5, 5.41) is 0. The molecule has 4 rings (SSSR count). The SMILES string of the molecule is COc1ccc(S(=O)(=O)N2CCCC(C(=O)N3CCc4ccccc43)C2)cc1. The lowest BCUT2D eigenvalue weighted by molar-refractivity contribution is -0.123. The lowest BCUT2D eigenvalue weighted by Crippen LogP contribution is -2.46. The number of hydrogen-bond acceptors (Lipinski definition) is 4. The molecule has 2 aromatic rings. The van der Waals surface area contributed by atoms with Crippen LogP contribution in [0, 0.1) is 5.92 Å². The number of sulfonamides is 1. The molecule has 0 N–H and O–H groups in total. The normalized spacial score (nSPS) is 20.0. The van der Waals surface area contributed by atoms with Crippen LogP contribution < -0.4 is 9.64 Å². The van der Waals surface area contributed by atoms with E-state index in [1.165, 1.54) is 9.87 Å². The van der Waals surface area contributed by atoms with E-state index in [0.717, 1.165) is 12.1 Å². The number of carbonyl (C=O) groups excluding carboxylic acids is 1. The van der Waals surface area contributed by atoms with Crippen molar-refractivity contribution in [3.05, 3.63) is 54.1 Å². The summed E-state index contributed by atoms with van der Waals surface area (Å²) in [5.41, 5.74) is 2.14. The third-order valence-electron chi connectivity index (χ3n) is 5.58. The fourth-order valence-corrected chi connectivity index (χ4v) is 5.57. The number of amides is 1. The first-order chi connectivity index (χ1) is 13.5. The minimum absolute atomic E-state index is 0.0274. The zero-order valence-corrected chi connectivity index (χ0v) is 16.7. The summed E-state index contributed by atoms with van der Waals surface area (Å²) in [4.78, 5) is 15.2. The molecule has 0 radical (unpaired) electrons. The van der Waals surface area contributed by atoms with E-state index in [-0.39, 0.29) is 23.3 Å². The van der Waals surface area contributed by atoms with E-state index < -0.39 is 10.0 Å². The Morgan fingerprint density at radius 2 is 1.82 bits per heavy atom. The highest BCUT2D eigenvalue weighted by molar-refractivity contribution is 7.89. The first-order valence-corrected chi connectivity index (χ1v) is 11.0. The summed E-state index contributed by atoms with van der Waals surface area (Å²) in [6.45, 7) is 1.33. The van der Waals surface area contributed by atoms with Gasteiger partial charge >= 0.3 is 0 Å². The van der Waals surface area contributed by atoms with Gasteiger partial charge in [0.05, 0.1) is 17.9 Å². The molecule has 1 fully saturated rings. The highest BCUT2D eigenvalue weighted by Gasteiger charge is 2.36. The third kappa shape index (κ3) is 3.40. The summed E-state index contributed by atoms with van der Waals surface area (Å²) < 4.78 is 32.6. The van der Waals surface area contributed by atoms with Crippen LogP contribution in [0.1, 0.15) is 18.4 Å².